The molecule has 1 aromatic carbocycles. The molecule has 1 amide bonds. The van der Waals surface area contributed by atoms with Gasteiger partial charge >= 0.3 is 5.97 Å². The van der Waals surface area contributed by atoms with Gasteiger partial charge in [0.1, 0.15) is 11.7 Å². The number of carbonyl (C=O) groups is 3. The quantitative estimate of drug-likeness (QED) is 0.670. The number of amides is 1. The summed E-state index contributed by atoms with van der Waals surface area (Å²) < 4.78 is 10.1. The van der Waals surface area contributed by atoms with E-state index >= 15 is 0 Å². The topological polar surface area (TPSA) is 81.7 Å². The van der Waals surface area contributed by atoms with Gasteiger partial charge in [-0.05, 0) is 30.0 Å². The third-order valence-electron chi connectivity index (χ3n) is 4.95. The number of allylic oxidation sites excluding steroid dienone is 2. The van der Waals surface area contributed by atoms with E-state index in [1.54, 1.807) is 7.11 Å². The van der Waals surface area contributed by atoms with Crippen molar-refractivity contribution < 1.29 is 23.9 Å². The van der Waals surface area contributed by atoms with E-state index in [0.717, 1.165) is 5.56 Å². The van der Waals surface area contributed by atoms with Crippen molar-refractivity contribution >= 4 is 17.7 Å². The first-order valence-electron chi connectivity index (χ1n) is 8.25. The van der Waals surface area contributed by atoms with Gasteiger partial charge in [0.15, 0.2) is 5.78 Å². The number of benzene rings is 1. The minimum atomic E-state index is -0.827. The Morgan fingerprint density at radius 3 is 2.64 bits per heavy atom. The molecule has 2 aliphatic rings. The third kappa shape index (κ3) is 3.04. The highest BCUT2D eigenvalue weighted by Crippen LogP contribution is 2.42. The van der Waals surface area contributed by atoms with Gasteiger partial charge in [0.05, 0.1) is 14.2 Å². The number of hydrogen-bond acceptors (Lipinski definition) is 5. The van der Waals surface area contributed by atoms with Crippen molar-refractivity contribution in [3.8, 4) is 5.75 Å². The van der Waals surface area contributed by atoms with Gasteiger partial charge in [-0.1, -0.05) is 19.1 Å². The zero-order chi connectivity index (χ0) is 18.1. The van der Waals surface area contributed by atoms with Crippen LogP contribution in [0, 0.1) is 11.8 Å². The van der Waals surface area contributed by atoms with Crippen LogP contribution in [0.15, 0.2) is 35.5 Å². The number of Topliss-reactive ketones (excluding diaryl/α,β-unsaturated/α-hetero) is 1. The lowest BCUT2D eigenvalue weighted by Crippen LogP contribution is -2.44. The maximum atomic E-state index is 13.1. The Hall–Kier alpha value is -2.63. The first kappa shape index (κ1) is 17.2. The zero-order valence-electron chi connectivity index (χ0n) is 14.5. The minimum Gasteiger partial charge on any atom is -0.497 e. The fraction of sp³-hybridized carbons (Fsp3) is 0.421. The summed E-state index contributed by atoms with van der Waals surface area (Å²) in [5, 5.41) is 2.82. The summed E-state index contributed by atoms with van der Waals surface area (Å²) in [6.45, 7) is 1.82. The highest BCUT2D eigenvalue weighted by Gasteiger charge is 2.45. The van der Waals surface area contributed by atoms with E-state index in [0.29, 0.717) is 23.4 Å². The molecule has 1 aromatic rings. The summed E-state index contributed by atoms with van der Waals surface area (Å²) >= 11 is 0. The Bertz CT molecular complexity index is 767. The Morgan fingerprint density at radius 1 is 1.20 bits per heavy atom. The third-order valence-corrected chi connectivity index (χ3v) is 4.95. The molecule has 6 heteroatoms. The van der Waals surface area contributed by atoms with Gasteiger partial charge in [-0.15, -0.1) is 0 Å². The van der Waals surface area contributed by atoms with E-state index in [1.807, 2.05) is 31.2 Å². The van der Waals surface area contributed by atoms with Crippen molar-refractivity contribution in [2.24, 2.45) is 11.8 Å². The normalized spacial score (nSPS) is 26.0. The van der Waals surface area contributed by atoms with Gasteiger partial charge in [-0.3, -0.25) is 14.4 Å². The molecule has 1 N–H and O–H groups in total. The van der Waals surface area contributed by atoms with Crippen LogP contribution in [0.25, 0.3) is 0 Å². The second kappa shape index (κ2) is 6.70. The number of ketones is 1. The van der Waals surface area contributed by atoms with E-state index in [2.05, 4.69) is 5.32 Å². The van der Waals surface area contributed by atoms with Crippen molar-refractivity contribution in [2.75, 3.05) is 14.2 Å². The Kier molecular flexibility index (Phi) is 4.61. The molecule has 1 aliphatic carbocycles. The number of hydrogen-bond donors (Lipinski definition) is 1. The predicted octanol–water partition coefficient (Wildman–Crippen LogP) is 1.95. The molecular formula is C19H21NO5. The monoisotopic (exact) mass is 343 g/mol. The van der Waals surface area contributed by atoms with E-state index in [4.69, 9.17) is 9.47 Å². The van der Waals surface area contributed by atoms with Crippen LogP contribution < -0.4 is 10.1 Å². The van der Waals surface area contributed by atoms with Crippen LogP contribution in [0.1, 0.15) is 31.2 Å². The largest absolute Gasteiger partial charge is 0.497 e. The minimum absolute atomic E-state index is 0.122. The second-order valence-corrected chi connectivity index (χ2v) is 6.52. The van der Waals surface area contributed by atoms with E-state index in [1.165, 1.54) is 7.11 Å². The molecule has 0 radical (unpaired) electrons. The molecule has 132 valence electrons. The van der Waals surface area contributed by atoms with Crippen molar-refractivity contribution in [3.63, 3.8) is 0 Å². The van der Waals surface area contributed by atoms with Gasteiger partial charge in [0, 0.05) is 23.6 Å². The molecule has 0 unspecified atom stereocenters. The van der Waals surface area contributed by atoms with Crippen molar-refractivity contribution in [1.29, 1.82) is 0 Å². The summed E-state index contributed by atoms with van der Waals surface area (Å²) in [6.07, 6.45) is 0.632. The number of carbonyl (C=O) groups excluding carboxylic acids is 3. The fourth-order valence-electron chi connectivity index (χ4n) is 3.74. The Labute approximate surface area is 146 Å². The molecule has 6 nitrogen and oxygen atoms in total. The van der Waals surface area contributed by atoms with Gasteiger partial charge in [-0.25, -0.2) is 0 Å². The molecule has 1 aliphatic heterocycles. The van der Waals surface area contributed by atoms with E-state index < -0.39 is 11.9 Å². The van der Waals surface area contributed by atoms with Crippen LogP contribution >= 0.6 is 0 Å². The SMILES string of the molecule is COC(=O)[C@@H]1C(=O)C2=C(C[C@@H]1C)NC(=O)C[C@H]2c1cccc(OC)c1. The Morgan fingerprint density at radius 2 is 1.96 bits per heavy atom. The Balaban J connectivity index is 2.07. The number of methoxy groups -OCH3 is 2. The van der Waals surface area contributed by atoms with Crippen LogP contribution in [0.4, 0.5) is 0 Å². The van der Waals surface area contributed by atoms with E-state index in [9.17, 15) is 14.4 Å². The maximum absolute atomic E-state index is 13.1. The van der Waals surface area contributed by atoms with E-state index in [-0.39, 0.29) is 29.9 Å². The standard InChI is InChI=1S/C19H21NO5/c1-10-7-14-17(18(22)16(10)19(23)25-3)13(9-15(21)20-14)11-5-4-6-12(8-11)24-2/h4-6,8,10,13,16H,7,9H2,1-3H3,(H,20,21)/t10-,13-,16-/m0/s1. The fourth-order valence-corrected chi connectivity index (χ4v) is 3.74. The van der Waals surface area contributed by atoms with Crippen molar-refractivity contribution in [1.82, 2.24) is 5.32 Å². The summed E-state index contributed by atoms with van der Waals surface area (Å²) in [5.74, 6) is -1.67. The van der Waals surface area contributed by atoms with Gasteiger partial charge < -0.3 is 14.8 Å². The highest BCUT2D eigenvalue weighted by atomic mass is 16.5. The average molecular weight is 343 g/mol. The van der Waals surface area contributed by atoms with Crippen molar-refractivity contribution in [2.45, 2.75) is 25.7 Å². The summed E-state index contributed by atoms with van der Waals surface area (Å²) in [4.78, 5) is 37.3. The molecular weight excluding hydrogens is 322 g/mol. The summed E-state index contributed by atoms with van der Waals surface area (Å²) in [5.41, 5.74) is 1.97. The van der Waals surface area contributed by atoms with Crippen LogP contribution in [0.5, 0.6) is 5.75 Å². The predicted molar refractivity (Wildman–Crippen MR) is 89.8 cm³/mol. The molecule has 1 heterocycles. The molecule has 25 heavy (non-hydrogen) atoms. The lowest BCUT2D eigenvalue weighted by Gasteiger charge is -2.36. The smallest absolute Gasteiger partial charge is 0.316 e. The number of nitrogens with one attached hydrogen (secondary N) is 1. The number of ether oxygens (including phenoxy) is 2. The number of esters is 1. The number of rotatable bonds is 3. The molecule has 0 fully saturated rings. The molecule has 0 aromatic heterocycles. The lowest BCUT2D eigenvalue weighted by molar-refractivity contribution is -0.151. The maximum Gasteiger partial charge on any atom is 0.316 e. The lowest BCUT2D eigenvalue weighted by atomic mass is 9.70. The summed E-state index contributed by atoms with van der Waals surface area (Å²) in [6, 6.07) is 7.33. The average Bonchev–Trinajstić information content (AvgIpc) is 2.60. The van der Waals surface area contributed by atoms with Gasteiger partial charge in [0.2, 0.25) is 5.91 Å². The molecule has 0 bridgehead atoms. The molecule has 0 saturated heterocycles. The molecule has 3 atom stereocenters. The van der Waals surface area contributed by atoms with Crippen LogP contribution in [-0.2, 0) is 19.1 Å². The zero-order valence-corrected chi connectivity index (χ0v) is 14.5. The van der Waals surface area contributed by atoms with Crippen LogP contribution in [-0.4, -0.2) is 31.9 Å². The summed E-state index contributed by atoms with van der Waals surface area (Å²) in [7, 11) is 2.85. The molecule has 0 saturated carbocycles. The van der Waals surface area contributed by atoms with Crippen LogP contribution in [0.2, 0.25) is 0 Å². The first-order valence-corrected chi connectivity index (χ1v) is 8.25. The van der Waals surface area contributed by atoms with Gasteiger partial charge in [0.25, 0.3) is 0 Å². The second-order valence-electron chi connectivity index (χ2n) is 6.52. The van der Waals surface area contributed by atoms with Gasteiger partial charge in [-0.2, -0.15) is 0 Å². The molecule has 0 spiro atoms. The van der Waals surface area contributed by atoms with Crippen LogP contribution in [0.3, 0.4) is 0 Å². The molecule has 3 rings (SSSR count). The first-order chi connectivity index (χ1) is 12.0. The highest BCUT2D eigenvalue weighted by molar-refractivity contribution is 6.11. The van der Waals surface area contributed by atoms with Crippen molar-refractivity contribution in [3.05, 3.63) is 41.1 Å².